The quantitative estimate of drug-likeness (QED) is 0.865. The summed E-state index contributed by atoms with van der Waals surface area (Å²) in [5.74, 6) is -0.617. The van der Waals surface area contributed by atoms with E-state index in [1.807, 2.05) is 0 Å². The van der Waals surface area contributed by atoms with Crippen LogP contribution in [0.1, 0.15) is 11.1 Å². The maximum atomic E-state index is 13.8. The molecule has 0 saturated heterocycles. The molecule has 112 valence electrons. The summed E-state index contributed by atoms with van der Waals surface area (Å²) in [6, 6.07) is 8.97. The minimum Gasteiger partial charge on any atom is -0.326 e. The maximum Gasteiger partial charge on any atom is 0.263 e. The molecule has 2 aromatic carbocycles. The number of hydrogen-bond acceptors (Lipinski definition) is 3. The minimum atomic E-state index is -3.88. The van der Waals surface area contributed by atoms with Crippen molar-refractivity contribution >= 4 is 31.6 Å². The Hall–Kier alpha value is -1.44. The van der Waals surface area contributed by atoms with E-state index >= 15 is 0 Å². The first-order valence-electron chi connectivity index (χ1n) is 6.11. The highest BCUT2D eigenvalue weighted by molar-refractivity contribution is 9.10. The summed E-state index contributed by atoms with van der Waals surface area (Å²) in [6.07, 6.45) is 0. The van der Waals surface area contributed by atoms with E-state index < -0.39 is 15.8 Å². The second-order valence-corrected chi connectivity index (χ2v) is 7.06. The predicted octanol–water partition coefficient (Wildman–Crippen LogP) is 3.16. The molecule has 4 nitrogen and oxygen atoms in total. The van der Waals surface area contributed by atoms with Crippen LogP contribution in [0.15, 0.2) is 45.8 Å². The topological polar surface area (TPSA) is 72.2 Å². The van der Waals surface area contributed by atoms with E-state index in [0.717, 1.165) is 5.56 Å². The molecule has 0 atom stereocenters. The SMILES string of the molecule is Cc1ccc(NS(=O)(=O)c2ccc(CN)cc2Br)c(F)c1. The molecule has 21 heavy (non-hydrogen) atoms. The molecule has 0 aromatic heterocycles. The van der Waals surface area contributed by atoms with Crippen molar-refractivity contribution < 1.29 is 12.8 Å². The van der Waals surface area contributed by atoms with Gasteiger partial charge in [0.2, 0.25) is 0 Å². The molecule has 0 spiro atoms. The van der Waals surface area contributed by atoms with E-state index in [0.29, 0.717) is 16.6 Å². The number of halogens is 2. The van der Waals surface area contributed by atoms with Crippen LogP contribution in [-0.2, 0) is 16.6 Å². The van der Waals surface area contributed by atoms with Gasteiger partial charge >= 0.3 is 0 Å². The first kappa shape index (κ1) is 15.9. The fourth-order valence-corrected chi connectivity index (χ4v) is 3.99. The Bertz CT molecular complexity index is 779. The maximum absolute atomic E-state index is 13.8. The van der Waals surface area contributed by atoms with Gasteiger partial charge < -0.3 is 5.73 Å². The molecule has 0 unspecified atom stereocenters. The molecule has 2 rings (SSSR count). The molecule has 0 fully saturated rings. The fraction of sp³-hybridized carbons (Fsp3) is 0.143. The van der Waals surface area contributed by atoms with Crippen LogP contribution in [0.25, 0.3) is 0 Å². The second-order valence-electron chi connectivity index (χ2n) is 4.56. The standard InChI is InChI=1S/C14H14BrFN2O2S/c1-9-2-4-13(12(16)6-9)18-21(19,20)14-5-3-10(8-17)7-11(14)15/h2-7,18H,8,17H2,1H3. The van der Waals surface area contributed by atoms with E-state index in [1.165, 1.54) is 18.2 Å². The number of benzene rings is 2. The number of anilines is 1. The predicted molar refractivity (Wildman–Crippen MR) is 84.0 cm³/mol. The summed E-state index contributed by atoms with van der Waals surface area (Å²) in [5, 5.41) is 0. The fourth-order valence-electron chi connectivity index (χ4n) is 1.79. The van der Waals surface area contributed by atoms with Gasteiger partial charge in [-0.3, -0.25) is 4.72 Å². The van der Waals surface area contributed by atoms with Crippen LogP contribution in [0.5, 0.6) is 0 Å². The van der Waals surface area contributed by atoms with Crippen molar-refractivity contribution in [3.63, 3.8) is 0 Å². The lowest BCUT2D eigenvalue weighted by Crippen LogP contribution is -2.15. The number of aryl methyl sites for hydroxylation is 1. The zero-order valence-corrected chi connectivity index (χ0v) is 13.6. The van der Waals surface area contributed by atoms with Gasteiger partial charge in [0.05, 0.1) is 5.69 Å². The van der Waals surface area contributed by atoms with Crippen LogP contribution in [0.4, 0.5) is 10.1 Å². The summed E-state index contributed by atoms with van der Waals surface area (Å²) in [7, 11) is -3.88. The summed E-state index contributed by atoms with van der Waals surface area (Å²) in [5.41, 5.74) is 6.92. The van der Waals surface area contributed by atoms with Crippen LogP contribution in [0, 0.1) is 12.7 Å². The number of sulfonamides is 1. The Balaban J connectivity index is 2.38. The highest BCUT2D eigenvalue weighted by atomic mass is 79.9. The van der Waals surface area contributed by atoms with Gasteiger partial charge in [-0.25, -0.2) is 12.8 Å². The summed E-state index contributed by atoms with van der Waals surface area (Å²) in [4.78, 5) is 0.0275. The molecule has 3 N–H and O–H groups in total. The van der Waals surface area contributed by atoms with Crippen molar-refractivity contribution in [2.45, 2.75) is 18.4 Å². The Labute approximate surface area is 131 Å². The van der Waals surface area contributed by atoms with Crippen LogP contribution in [0.3, 0.4) is 0 Å². The van der Waals surface area contributed by atoms with Gasteiger partial charge in [-0.1, -0.05) is 12.1 Å². The molecule has 2 aromatic rings. The smallest absolute Gasteiger partial charge is 0.263 e. The van der Waals surface area contributed by atoms with E-state index in [-0.39, 0.29) is 10.6 Å². The zero-order valence-electron chi connectivity index (χ0n) is 11.2. The second kappa shape index (κ2) is 6.13. The Morgan fingerprint density at radius 3 is 2.52 bits per heavy atom. The molecule has 0 saturated carbocycles. The number of hydrogen-bond donors (Lipinski definition) is 2. The third-order valence-electron chi connectivity index (χ3n) is 2.89. The molecule has 0 bridgehead atoms. The molecular formula is C14H14BrFN2O2S. The number of rotatable bonds is 4. The highest BCUT2D eigenvalue weighted by Crippen LogP contribution is 2.26. The first-order chi connectivity index (χ1) is 9.83. The highest BCUT2D eigenvalue weighted by Gasteiger charge is 2.19. The number of nitrogens with two attached hydrogens (primary N) is 1. The zero-order chi connectivity index (χ0) is 15.6. The molecular weight excluding hydrogens is 359 g/mol. The molecule has 7 heteroatoms. The van der Waals surface area contributed by atoms with Gasteiger partial charge in [-0.2, -0.15) is 0 Å². The van der Waals surface area contributed by atoms with Gasteiger partial charge in [0.1, 0.15) is 10.7 Å². The van der Waals surface area contributed by atoms with Gasteiger partial charge in [-0.15, -0.1) is 0 Å². The van der Waals surface area contributed by atoms with Crippen LogP contribution in [-0.4, -0.2) is 8.42 Å². The minimum absolute atomic E-state index is 0.0275. The lowest BCUT2D eigenvalue weighted by atomic mass is 10.2. The van der Waals surface area contributed by atoms with Crippen molar-refractivity contribution in [2.75, 3.05) is 4.72 Å². The Morgan fingerprint density at radius 2 is 1.95 bits per heavy atom. The van der Waals surface area contributed by atoms with Crippen molar-refractivity contribution in [3.8, 4) is 0 Å². The van der Waals surface area contributed by atoms with E-state index in [2.05, 4.69) is 20.7 Å². The summed E-state index contributed by atoms with van der Waals surface area (Å²) >= 11 is 3.20. The van der Waals surface area contributed by atoms with Gasteiger partial charge in [0.15, 0.2) is 0 Å². The average molecular weight is 373 g/mol. The molecule has 0 radical (unpaired) electrons. The van der Waals surface area contributed by atoms with Crippen molar-refractivity contribution in [1.29, 1.82) is 0 Å². The lowest BCUT2D eigenvalue weighted by Gasteiger charge is -2.11. The van der Waals surface area contributed by atoms with Crippen LogP contribution >= 0.6 is 15.9 Å². The molecule has 0 aliphatic rings. The normalized spacial score (nSPS) is 11.4. The Kier molecular flexibility index (Phi) is 4.65. The summed E-state index contributed by atoms with van der Waals surface area (Å²) in [6.45, 7) is 2.03. The molecule has 0 aliphatic carbocycles. The molecule has 0 heterocycles. The molecule has 0 aliphatic heterocycles. The van der Waals surface area contributed by atoms with Gasteiger partial charge in [0.25, 0.3) is 10.0 Å². The van der Waals surface area contributed by atoms with Gasteiger partial charge in [-0.05, 0) is 58.2 Å². The van der Waals surface area contributed by atoms with E-state index in [1.54, 1.807) is 25.1 Å². The monoisotopic (exact) mass is 372 g/mol. The van der Waals surface area contributed by atoms with E-state index in [4.69, 9.17) is 5.73 Å². The van der Waals surface area contributed by atoms with Crippen molar-refractivity contribution in [3.05, 3.63) is 57.8 Å². The van der Waals surface area contributed by atoms with E-state index in [9.17, 15) is 12.8 Å². The average Bonchev–Trinajstić information content (AvgIpc) is 2.41. The van der Waals surface area contributed by atoms with Crippen LogP contribution < -0.4 is 10.5 Å². The third kappa shape index (κ3) is 3.61. The summed E-state index contributed by atoms with van der Waals surface area (Å²) < 4.78 is 41.0. The van der Waals surface area contributed by atoms with Crippen LogP contribution in [0.2, 0.25) is 0 Å². The Morgan fingerprint density at radius 1 is 1.24 bits per heavy atom. The third-order valence-corrected chi connectivity index (χ3v) is 5.23. The lowest BCUT2D eigenvalue weighted by molar-refractivity contribution is 0.598. The first-order valence-corrected chi connectivity index (χ1v) is 8.38. The number of nitrogens with one attached hydrogen (secondary N) is 1. The molecule has 0 amide bonds. The van der Waals surface area contributed by atoms with Crippen molar-refractivity contribution in [1.82, 2.24) is 0 Å². The largest absolute Gasteiger partial charge is 0.326 e. The van der Waals surface area contributed by atoms with Gasteiger partial charge in [0, 0.05) is 11.0 Å². The van der Waals surface area contributed by atoms with Crippen molar-refractivity contribution in [2.24, 2.45) is 5.73 Å².